The van der Waals surface area contributed by atoms with E-state index >= 15 is 0 Å². The van der Waals surface area contributed by atoms with E-state index in [9.17, 15) is 4.79 Å². The average molecular weight is 388 g/mol. The number of carbonyl (C=O) groups is 1. The minimum atomic E-state index is 0.0257. The molecule has 0 saturated heterocycles. The second-order valence-electron chi connectivity index (χ2n) is 6.84. The summed E-state index contributed by atoms with van der Waals surface area (Å²) in [5, 5.41) is 1.09. The number of rotatable bonds is 5. The lowest BCUT2D eigenvalue weighted by Gasteiger charge is -2.17. The Balaban J connectivity index is 1.53. The van der Waals surface area contributed by atoms with Crippen molar-refractivity contribution in [3.05, 3.63) is 82.4 Å². The molecule has 0 saturated carbocycles. The number of benzene rings is 2. The molecular formula is C23H21N3OS. The van der Waals surface area contributed by atoms with E-state index < -0.39 is 0 Å². The number of hydrogen-bond donors (Lipinski definition) is 0. The molecule has 0 spiro atoms. The Kier molecular flexibility index (Phi) is 5.17. The fraction of sp³-hybridized carbons (Fsp3) is 0.174. The standard InChI is InChI=1S/C23H21N3OS/c1-16-22(28-15-25-16)10-11-26(2)23(27)19-8-5-7-17(12-19)20-13-18-6-3-4-9-21(18)24-14-20/h3-9,12-15H,10-11H2,1-2H3. The molecule has 0 unspecified atom stereocenters. The molecule has 2 aromatic carbocycles. The normalized spacial score (nSPS) is 10.9. The Morgan fingerprint density at radius 1 is 1.04 bits per heavy atom. The lowest BCUT2D eigenvalue weighted by atomic mass is 10.0. The maximum absolute atomic E-state index is 12.9. The first-order valence-corrected chi connectivity index (χ1v) is 10.1. The van der Waals surface area contributed by atoms with Crippen LogP contribution in [0, 0.1) is 6.92 Å². The molecule has 2 heterocycles. The zero-order valence-electron chi connectivity index (χ0n) is 15.9. The van der Waals surface area contributed by atoms with Gasteiger partial charge in [-0.1, -0.05) is 30.3 Å². The number of aromatic nitrogens is 2. The highest BCUT2D eigenvalue weighted by atomic mass is 32.1. The molecule has 0 aliphatic heterocycles. The van der Waals surface area contributed by atoms with Gasteiger partial charge in [-0.05, 0) is 36.8 Å². The Bertz CT molecular complexity index is 1140. The summed E-state index contributed by atoms with van der Waals surface area (Å²) in [7, 11) is 1.85. The van der Waals surface area contributed by atoms with Gasteiger partial charge in [-0.2, -0.15) is 0 Å². The van der Waals surface area contributed by atoms with Gasteiger partial charge in [-0.15, -0.1) is 11.3 Å². The number of likely N-dealkylation sites (N-methyl/N-ethyl adjacent to an activating group) is 1. The topological polar surface area (TPSA) is 46.1 Å². The third-order valence-electron chi connectivity index (χ3n) is 4.90. The van der Waals surface area contributed by atoms with Gasteiger partial charge in [0.15, 0.2) is 0 Å². The molecule has 0 aliphatic carbocycles. The van der Waals surface area contributed by atoms with Crippen molar-refractivity contribution < 1.29 is 4.79 Å². The number of aryl methyl sites for hydroxylation is 1. The zero-order valence-corrected chi connectivity index (χ0v) is 16.7. The second-order valence-corrected chi connectivity index (χ2v) is 7.77. The number of hydrogen-bond acceptors (Lipinski definition) is 4. The van der Waals surface area contributed by atoms with Crippen LogP contribution in [0.1, 0.15) is 20.9 Å². The summed E-state index contributed by atoms with van der Waals surface area (Å²) >= 11 is 1.64. The van der Waals surface area contributed by atoms with E-state index in [1.807, 2.05) is 68.1 Å². The third-order valence-corrected chi connectivity index (χ3v) is 5.89. The zero-order chi connectivity index (χ0) is 19.5. The molecule has 0 atom stereocenters. The SMILES string of the molecule is Cc1ncsc1CCN(C)C(=O)c1cccc(-c2cnc3ccccc3c2)c1. The molecule has 28 heavy (non-hydrogen) atoms. The molecule has 0 aliphatic rings. The summed E-state index contributed by atoms with van der Waals surface area (Å²) in [6.07, 6.45) is 2.69. The average Bonchev–Trinajstić information content (AvgIpc) is 3.16. The van der Waals surface area contributed by atoms with Gasteiger partial charge in [0, 0.05) is 47.6 Å². The number of amides is 1. The molecule has 0 N–H and O–H groups in total. The van der Waals surface area contributed by atoms with Crippen molar-refractivity contribution >= 4 is 28.1 Å². The summed E-state index contributed by atoms with van der Waals surface area (Å²) in [6, 6.07) is 17.9. The van der Waals surface area contributed by atoms with Crippen molar-refractivity contribution in [3.63, 3.8) is 0 Å². The predicted molar refractivity (Wildman–Crippen MR) is 115 cm³/mol. The van der Waals surface area contributed by atoms with Crippen LogP contribution in [-0.4, -0.2) is 34.4 Å². The van der Waals surface area contributed by atoms with Crippen LogP contribution in [0.25, 0.3) is 22.0 Å². The van der Waals surface area contributed by atoms with Gasteiger partial charge < -0.3 is 4.90 Å². The molecule has 0 radical (unpaired) electrons. The number of nitrogens with zero attached hydrogens (tertiary/aromatic N) is 3. The molecule has 4 nitrogen and oxygen atoms in total. The number of fused-ring (bicyclic) bond motifs is 1. The smallest absolute Gasteiger partial charge is 0.253 e. The summed E-state index contributed by atoms with van der Waals surface area (Å²) < 4.78 is 0. The van der Waals surface area contributed by atoms with E-state index in [0.717, 1.165) is 34.1 Å². The Hall–Kier alpha value is -3.05. The largest absolute Gasteiger partial charge is 0.341 e. The molecule has 140 valence electrons. The molecule has 0 fully saturated rings. The minimum Gasteiger partial charge on any atom is -0.341 e. The maximum atomic E-state index is 12.9. The summed E-state index contributed by atoms with van der Waals surface area (Å²) in [6.45, 7) is 2.68. The van der Waals surface area contributed by atoms with Crippen molar-refractivity contribution in [1.29, 1.82) is 0 Å². The van der Waals surface area contributed by atoms with E-state index in [2.05, 4.69) is 22.1 Å². The van der Waals surface area contributed by atoms with Crippen LogP contribution in [-0.2, 0) is 6.42 Å². The number of pyridine rings is 1. The van der Waals surface area contributed by atoms with Crippen molar-refractivity contribution in [2.45, 2.75) is 13.3 Å². The number of carbonyl (C=O) groups excluding carboxylic acids is 1. The quantitative estimate of drug-likeness (QED) is 0.485. The van der Waals surface area contributed by atoms with Gasteiger partial charge in [0.1, 0.15) is 0 Å². The Morgan fingerprint density at radius 3 is 2.71 bits per heavy atom. The van der Waals surface area contributed by atoms with Gasteiger partial charge in [-0.25, -0.2) is 4.98 Å². The molecule has 2 aromatic heterocycles. The molecular weight excluding hydrogens is 366 g/mol. The highest BCUT2D eigenvalue weighted by Crippen LogP contribution is 2.24. The van der Waals surface area contributed by atoms with Gasteiger partial charge in [0.05, 0.1) is 16.7 Å². The fourth-order valence-corrected chi connectivity index (χ4v) is 3.99. The molecule has 0 bridgehead atoms. The Labute approximate surface area is 168 Å². The van der Waals surface area contributed by atoms with Crippen molar-refractivity contribution in [2.75, 3.05) is 13.6 Å². The van der Waals surface area contributed by atoms with Crippen LogP contribution in [0.15, 0.2) is 66.3 Å². The van der Waals surface area contributed by atoms with Crippen molar-refractivity contribution in [2.24, 2.45) is 0 Å². The first-order valence-electron chi connectivity index (χ1n) is 9.21. The van der Waals surface area contributed by atoms with E-state index in [1.165, 1.54) is 4.88 Å². The summed E-state index contributed by atoms with van der Waals surface area (Å²) in [4.78, 5) is 24.7. The number of thiazole rings is 1. The first-order chi connectivity index (χ1) is 13.6. The van der Waals surface area contributed by atoms with E-state index in [0.29, 0.717) is 12.1 Å². The van der Waals surface area contributed by atoms with Crippen molar-refractivity contribution in [1.82, 2.24) is 14.9 Å². The first kappa shape index (κ1) is 18.3. The van der Waals surface area contributed by atoms with Crippen LogP contribution in [0.2, 0.25) is 0 Å². The number of para-hydroxylation sites is 1. The molecule has 1 amide bonds. The third kappa shape index (κ3) is 3.80. The van der Waals surface area contributed by atoms with E-state index in [4.69, 9.17) is 0 Å². The van der Waals surface area contributed by atoms with Crippen LogP contribution < -0.4 is 0 Å². The molecule has 4 rings (SSSR count). The van der Waals surface area contributed by atoms with Crippen LogP contribution in [0.3, 0.4) is 0 Å². The second kappa shape index (κ2) is 7.90. The minimum absolute atomic E-state index is 0.0257. The van der Waals surface area contributed by atoms with E-state index in [1.54, 1.807) is 16.2 Å². The van der Waals surface area contributed by atoms with Crippen LogP contribution in [0.5, 0.6) is 0 Å². The van der Waals surface area contributed by atoms with Crippen molar-refractivity contribution in [3.8, 4) is 11.1 Å². The van der Waals surface area contributed by atoms with E-state index in [-0.39, 0.29) is 5.91 Å². The van der Waals surface area contributed by atoms with Gasteiger partial charge >= 0.3 is 0 Å². The molecule has 4 aromatic rings. The van der Waals surface area contributed by atoms with Gasteiger partial charge in [0.25, 0.3) is 5.91 Å². The summed E-state index contributed by atoms with van der Waals surface area (Å²) in [5.41, 5.74) is 6.57. The molecule has 5 heteroatoms. The monoisotopic (exact) mass is 387 g/mol. The van der Waals surface area contributed by atoms with Gasteiger partial charge in [0.2, 0.25) is 0 Å². The predicted octanol–water partition coefficient (Wildman–Crippen LogP) is 4.98. The van der Waals surface area contributed by atoms with Crippen LogP contribution >= 0.6 is 11.3 Å². The lowest BCUT2D eigenvalue weighted by molar-refractivity contribution is 0.0797. The van der Waals surface area contributed by atoms with Crippen LogP contribution in [0.4, 0.5) is 0 Å². The summed E-state index contributed by atoms with van der Waals surface area (Å²) in [5.74, 6) is 0.0257. The fourth-order valence-electron chi connectivity index (χ4n) is 3.22. The Morgan fingerprint density at radius 2 is 1.89 bits per heavy atom. The highest BCUT2D eigenvalue weighted by molar-refractivity contribution is 7.09. The lowest BCUT2D eigenvalue weighted by Crippen LogP contribution is -2.28. The highest BCUT2D eigenvalue weighted by Gasteiger charge is 2.14. The maximum Gasteiger partial charge on any atom is 0.253 e. The van der Waals surface area contributed by atoms with Gasteiger partial charge in [-0.3, -0.25) is 9.78 Å².